The Morgan fingerprint density at radius 1 is 1.40 bits per heavy atom. The molecule has 0 unspecified atom stereocenters. The summed E-state index contributed by atoms with van der Waals surface area (Å²) in [6.07, 6.45) is 0. The highest BCUT2D eigenvalue weighted by molar-refractivity contribution is 9.10. The molecule has 15 heavy (non-hydrogen) atoms. The van der Waals surface area contributed by atoms with Gasteiger partial charge in [0.05, 0.1) is 5.69 Å². The number of rotatable bonds is 2. The molecule has 0 bridgehead atoms. The van der Waals surface area contributed by atoms with Crippen LogP contribution in [-0.4, -0.2) is 9.97 Å². The third kappa shape index (κ3) is 2.11. The molecule has 1 heterocycles. The summed E-state index contributed by atoms with van der Waals surface area (Å²) in [6, 6.07) is 8.07. The Morgan fingerprint density at radius 2 is 2.13 bits per heavy atom. The minimum absolute atomic E-state index is 0.630. The van der Waals surface area contributed by atoms with Crippen molar-refractivity contribution >= 4 is 28.6 Å². The number of aromatic amines is 1. The van der Waals surface area contributed by atoms with Gasteiger partial charge in [-0.1, -0.05) is 34.1 Å². The third-order valence-corrected chi connectivity index (χ3v) is 3.20. The maximum absolute atomic E-state index is 4.50. The van der Waals surface area contributed by atoms with Crippen LogP contribution in [0, 0.1) is 6.92 Å². The zero-order valence-electron chi connectivity index (χ0n) is 8.29. The Labute approximate surface area is 103 Å². The van der Waals surface area contributed by atoms with E-state index >= 15 is 0 Å². The minimum atomic E-state index is 0.630. The van der Waals surface area contributed by atoms with Crippen molar-refractivity contribution in [1.29, 1.82) is 0 Å². The highest BCUT2D eigenvalue weighted by atomic mass is 79.9. The molecule has 1 aromatic carbocycles. The first-order valence-corrected chi connectivity index (χ1v) is 6.06. The summed E-state index contributed by atoms with van der Waals surface area (Å²) in [5.74, 6) is 1.53. The quantitative estimate of drug-likeness (QED) is 0.810. The molecule has 0 radical (unpaired) electrons. The fourth-order valence-electron chi connectivity index (χ4n) is 1.51. The number of benzene rings is 1. The van der Waals surface area contributed by atoms with Crippen LogP contribution in [0.15, 0.2) is 28.7 Å². The van der Waals surface area contributed by atoms with Gasteiger partial charge in [0.25, 0.3) is 0 Å². The third-order valence-electron chi connectivity index (χ3n) is 2.21. The molecule has 0 saturated heterocycles. The summed E-state index contributed by atoms with van der Waals surface area (Å²) in [7, 11) is 0. The van der Waals surface area contributed by atoms with Gasteiger partial charge in [0, 0.05) is 21.5 Å². The second kappa shape index (κ2) is 4.41. The molecule has 0 aliphatic carbocycles. The van der Waals surface area contributed by atoms with Gasteiger partial charge in [-0.05, 0) is 13.0 Å². The van der Waals surface area contributed by atoms with E-state index in [9.17, 15) is 0 Å². The van der Waals surface area contributed by atoms with Crippen molar-refractivity contribution in [3.63, 3.8) is 0 Å². The van der Waals surface area contributed by atoms with E-state index in [1.165, 1.54) is 0 Å². The topological polar surface area (TPSA) is 28.7 Å². The lowest BCUT2D eigenvalue weighted by molar-refractivity contribution is 1.11. The molecular formula is C11H11BrN2S. The van der Waals surface area contributed by atoms with Crippen LogP contribution in [0.2, 0.25) is 0 Å². The Bertz CT molecular complexity index is 479. The van der Waals surface area contributed by atoms with Gasteiger partial charge in [0.15, 0.2) is 0 Å². The Balaban J connectivity index is 2.54. The SMILES string of the molecule is Cc1[nH]c(CS)nc1-c1ccccc1Br. The zero-order chi connectivity index (χ0) is 10.8. The predicted molar refractivity (Wildman–Crippen MR) is 69.2 cm³/mol. The summed E-state index contributed by atoms with van der Waals surface area (Å²) in [5.41, 5.74) is 3.18. The molecule has 0 saturated carbocycles. The predicted octanol–water partition coefficient (Wildman–Crippen LogP) is 3.58. The van der Waals surface area contributed by atoms with Gasteiger partial charge in [0.2, 0.25) is 0 Å². The van der Waals surface area contributed by atoms with Gasteiger partial charge in [-0.15, -0.1) is 0 Å². The van der Waals surface area contributed by atoms with Crippen LogP contribution in [-0.2, 0) is 5.75 Å². The molecule has 2 aromatic rings. The second-order valence-corrected chi connectivity index (χ2v) is 4.47. The minimum Gasteiger partial charge on any atom is -0.345 e. The lowest BCUT2D eigenvalue weighted by Gasteiger charge is -2.00. The first-order valence-electron chi connectivity index (χ1n) is 4.63. The summed E-state index contributed by atoms with van der Waals surface area (Å²) < 4.78 is 1.06. The molecule has 78 valence electrons. The average molecular weight is 283 g/mol. The molecule has 0 fully saturated rings. The largest absolute Gasteiger partial charge is 0.345 e. The summed E-state index contributed by atoms with van der Waals surface area (Å²) in [4.78, 5) is 7.71. The molecule has 0 aliphatic heterocycles. The lowest BCUT2D eigenvalue weighted by atomic mass is 10.1. The number of H-pyrrole nitrogens is 1. The maximum Gasteiger partial charge on any atom is 0.116 e. The number of imidazole rings is 1. The molecule has 0 aliphatic rings. The molecule has 0 spiro atoms. The molecule has 1 aromatic heterocycles. The molecule has 0 atom stereocenters. The monoisotopic (exact) mass is 282 g/mol. The number of nitrogens with one attached hydrogen (secondary N) is 1. The number of nitrogens with zero attached hydrogens (tertiary/aromatic N) is 1. The smallest absolute Gasteiger partial charge is 0.116 e. The van der Waals surface area contributed by atoms with Crippen molar-refractivity contribution in [2.75, 3.05) is 0 Å². The van der Waals surface area contributed by atoms with Gasteiger partial charge >= 0.3 is 0 Å². The summed E-state index contributed by atoms with van der Waals surface area (Å²) in [6.45, 7) is 2.02. The molecular weight excluding hydrogens is 272 g/mol. The maximum atomic E-state index is 4.50. The standard InChI is InChI=1S/C11H11BrN2S/c1-7-11(14-10(6-15)13-7)8-4-2-3-5-9(8)12/h2-5,15H,6H2,1H3,(H,13,14). The Kier molecular flexibility index (Phi) is 3.17. The van der Waals surface area contributed by atoms with Gasteiger partial charge in [-0.2, -0.15) is 12.6 Å². The molecule has 2 rings (SSSR count). The van der Waals surface area contributed by atoms with Crippen molar-refractivity contribution < 1.29 is 0 Å². The molecule has 2 nitrogen and oxygen atoms in total. The number of hydrogen-bond donors (Lipinski definition) is 2. The number of aryl methyl sites for hydroxylation is 1. The van der Waals surface area contributed by atoms with E-state index in [2.05, 4.69) is 44.6 Å². The van der Waals surface area contributed by atoms with Crippen molar-refractivity contribution in [3.05, 3.63) is 40.3 Å². The van der Waals surface area contributed by atoms with E-state index < -0.39 is 0 Å². The number of halogens is 1. The van der Waals surface area contributed by atoms with E-state index in [1.807, 2.05) is 25.1 Å². The zero-order valence-corrected chi connectivity index (χ0v) is 10.8. The Morgan fingerprint density at radius 3 is 2.73 bits per heavy atom. The van der Waals surface area contributed by atoms with Crippen LogP contribution in [0.25, 0.3) is 11.3 Å². The van der Waals surface area contributed by atoms with Gasteiger partial charge in [-0.25, -0.2) is 4.98 Å². The van der Waals surface area contributed by atoms with E-state index in [0.29, 0.717) is 5.75 Å². The van der Waals surface area contributed by atoms with Gasteiger partial charge < -0.3 is 4.98 Å². The highest BCUT2D eigenvalue weighted by Crippen LogP contribution is 2.28. The van der Waals surface area contributed by atoms with E-state index in [4.69, 9.17) is 0 Å². The van der Waals surface area contributed by atoms with Crippen molar-refractivity contribution in [2.45, 2.75) is 12.7 Å². The average Bonchev–Trinajstić information content (AvgIpc) is 2.60. The first-order chi connectivity index (χ1) is 7.22. The number of thiol groups is 1. The Hall–Kier alpha value is -0.740. The van der Waals surface area contributed by atoms with E-state index in [1.54, 1.807) is 0 Å². The molecule has 0 amide bonds. The van der Waals surface area contributed by atoms with E-state index in [0.717, 1.165) is 27.2 Å². The molecule has 1 N–H and O–H groups in total. The van der Waals surface area contributed by atoms with Gasteiger partial charge in [0.1, 0.15) is 5.82 Å². The van der Waals surface area contributed by atoms with Crippen molar-refractivity contribution in [3.8, 4) is 11.3 Å². The van der Waals surface area contributed by atoms with Crippen LogP contribution >= 0.6 is 28.6 Å². The van der Waals surface area contributed by atoms with Crippen LogP contribution in [0.1, 0.15) is 11.5 Å². The lowest BCUT2D eigenvalue weighted by Crippen LogP contribution is -1.82. The van der Waals surface area contributed by atoms with Crippen LogP contribution in [0.5, 0.6) is 0 Å². The number of aromatic nitrogens is 2. The van der Waals surface area contributed by atoms with Crippen LogP contribution in [0.4, 0.5) is 0 Å². The summed E-state index contributed by atoms with van der Waals surface area (Å²) in [5, 5.41) is 0. The first kappa shape index (κ1) is 10.8. The van der Waals surface area contributed by atoms with E-state index in [-0.39, 0.29) is 0 Å². The number of hydrogen-bond acceptors (Lipinski definition) is 2. The fourth-order valence-corrected chi connectivity index (χ4v) is 2.14. The highest BCUT2D eigenvalue weighted by Gasteiger charge is 2.10. The van der Waals surface area contributed by atoms with Crippen molar-refractivity contribution in [2.24, 2.45) is 0 Å². The summed E-state index contributed by atoms with van der Waals surface area (Å²) >= 11 is 7.73. The fraction of sp³-hybridized carbons (Fsp3) is 0.182. The normalized spacial score (nSPS) is 10.6. The molecule has 4 heteroatoms. The second-order valence-electron chi connectivity index (χ2n) is 3.30. The van der Waals surface area contributed by atoms with Crippen molar-refractivity contribution in [1.82, 2.24) is 9.97 Å². The van der Waals surface area contributed by atoms with Crippen LogP contribution in [0.3, 0.4) is 0 Å². The van der Waals surface area contributed by atoms with Crippen LogP contribution < -0.4 is 0 Å². The van der Waals surface area contributed by atoms with Gasteiger partial charge in [-0.3, -0.25) is 0 Å².